The maximum Gasteiger partial charge on any atom is 0.258 e. The van der Waals surface area contributed by atoms with E-state index in [1.807, 2.05) is 38.1 Å². The number of amides is 1. The van der Waals surface area contributed by atoms with Gasteiger partial charge in [-0.15, -0.1) is 10.2 Å². The van der Waals surface area contributed by atoms with Crippen molar-refractivity contribution in [3.05, 3.63) is 89.2 Å². The third kappa shape index (κ3) is 4.91. The SMILES string of the molecule is Cc1ccc(C)c(-c2nnc(OCC(=O)NCCc3ccc(F)cc3)c3ccccc23)c1. The highest BCUT2D eigenvalue weighted by molar-refractivity contribution is 5.97. The summed E-state index contributed by atoms with van der Waals surface area (Å²) in [5.41, 5.74) is 5.03. The van der Waals surface area contributed by atoms with Crippen molar-refractivity contribution in [1.82, 2.24) is 15.5 Å². The van der Waals surface area contributed by atoms with Crippen LogP contribution in [-0.2, 0) is 11.2 Å². The van der Waals surface area contributed by atoms with Gasteiger partial charge in [-0.25, -0.2) is 4.39 Å². The summed E-state index contributed by atoms with van der Waals surface area (Å²) in [5.74, 6) is -0.206. The van der Waals surface area contributed by atoms with Crippen LogP contribution < -0.4 is 10.1 Å². The number of benzene rings is 3. The van der Waals surface area contributed by atoms with Gasteiger partial charge < -0.3 is 10.1 Å². The molecule has 162 valence electrons. The molecule has 4 aromatic rings. The minimum Gasteiger partial charge on any atom is -0.466 e. The molecule has 0 radical (unpaired) electrons. The molecule has 0 aliphatic heterocycles. The van der Waals surface area contributed by atoms with Gasteiger partial charge in [0, 0.05) is 22.9 Å². The summed E-state index contributed by atoms with van der Waals surface area (Å²) in [7, 11) is 0. The Morgan fingerprint density at radius 3 is 2.50 bits per heavy atom. The van der Waals surface area contributed by atoms with Gasteiger partial charge in [-0.1, -0.05) is 48.0 Å². The topological polar surface area (TPSA) is 64.1 Å². The van der Waals surface area contributed by atoms with Gasteiger partial charge >= 0.3 is 0 Å². The maximum absolute atomic E-state index is 13.0. The Bertz CT molecular complexity index is 1260. The standard InChI is InChI=1S/C26H24FN3O2/c1-17-7-8-18(2)23(15-17)25-21-5-3-4-6-22(21)26(30-29-25)32-16-24(31)28-14-13-19-9-11-20(27)12-10-19/h3-12,15H,13-14,16H2,1-2H3,(H,28,31). The molecular formula is C26H24FN3O2. The molecule has 0 spiro atoms. The summed E-state index contributed by atoms with van der Waals surface area (Å²) in [4.78, 5) is 12.2. The minimum atomic E-state index is -0.275. The van der Waals surface area contributed by atoms with Gasteiger partial charge in [0.05, 0.1) is 0 Å². The number of halogens is 1. The van der Waals surface area contributed by atoms with E-state index in [0.717, 1.165) is 38.7 Å². The summed E-state index contributed by atoms with van der Waals surface area (Å²) in [6, 6.07) is 20.2. The van der Waals surface area contributed by atoms with Crippen LogP contribution in [0.15, 0.2) is 66.7 Å². The minimum absolute atomic E-state index is 0.162. The van der Waals surface area contributed by atoms with Crippen molar-refractivity contribution in [2.75, 3.05) is 13.2 Å². The molecule has 0 atom stereocenters. The average Bonchev–Trinajstić information content (AvgIpc) is 2.80. The smallest absolute Gasteiger partial charge is 0.258 e. The molecular weight excluding hydrogens is 405 g/mol. The molecule has 0 fully saturated rings. The number of ether oxygens (including phenoxy) is 1. The number of hydrogen-bond donors (Lipinski definition) is 1. The fraction of sp³-hybridized carbons (Fsp3) is 0.192. The predicted octanol–water partition coefficient (Wildman–Crippen LogP) is 4.79. The van der Waals surface area contributed by atoms with E-state index in [1.54, 1.807) is 12.1 Å². The van der Waals surface area contributed by atoms with Crippen molar-refractivity contribution < 1.29 is 13.9 Å². The Hall–Kier alpha value is -3.80. The van der Waals surface area contributed by atoms with E-state index in [4.69, 9.17) is 4.74 Å². The molecule has 0 unspecified atom stereocenters. The van der Waals surface area contributed by atoms with Crippen LogP contribution in [0.5, 0.6) is 5.88 Å². The third-order valence-corrected chi connectivity index (χ3v) is 5.29. The van der Waals surface area contributed by atoms with Crippen LogP contribution in [-0.4, -0.2) is 29.3 Å². The third-order valence-electron chi connectivity index (χ3n) is 5.29. The lowest BCUT2D eigenvalue weighted by atomic mass is 9.99. The predicted molar refractivity (Wildman–Crippen MR) is 123 cm³/mol. The Morgan fingerprint density at radius 2 is 1.72 bits per heavy atom. The zero-order valence-electron chi connectivity index (χ0n) is 18.1. The summed E-state index contributed by atoms with van der Waals surface area (Å²) >= 11 is 0. The maximum atomic E-state index is 13.0. The first-order chi connectivity index (χ1) is 15.5. The van der Waals surface area contributed by atoms with Gasteiger partial charge in [-0.05, 0) is 55.7 Å². The monoisotopic (exact) mass is 429 g/mol. The molecule has 32 heavy (non-hydrogen) atoms. The number of carbonyl (C=O) groups excluding carboxylic acids is 1. The van der Waals surface area contributed by atoms with Crippen molar-refractivity contribution in [3.8, 4) is 17.1 Å². The van der Waals surface area contributed by atoms with E-state index < -0.39 is 0 Å². The van der Waals surface area contributed by atoms with Crippen molar-refractivity contribution in [2.24, 2.45) is 0 Å². The highest BCUT2D eigenvalue weighted by Gasteiger charge is 2.14. The van der Waals surface area contributed by atoms with Crippen molar-refractivity contribution in [2.45, 2.75) is 20.3 Å². The van der Waals surface area contributed by atoms with Crippen LogP contribution in [0.2, 0.25) is 0 Å². The molecule has 0 aliphatic rings. The van der Waals surface area contributed by atoms with Crippen LogP contribution in [0.25, 0.3) is 22.0 Å². The van der Waals surface area contributed by atoms with Gasteiger partial charge in [0.2, 0.25) is 5.88 Å². The van der Waals surface area contributed by atoms with E-state index in [1.165, 1.54) is 12.1 Å². The normalized spacial score (nSPS) is 10.8. The van der Waals surface area contributed by atoms with E-state index in [-0.39, 0.29) is 18.3 Å². The Kier molecular flexibility index (Phi) is 6.40. The second-order valence-electron chi connectivity index (χ2n) is 7.73. The van der Waals surface area contributed by atoms with E-state index in [2.05, 4.69) is 33.7 Å². The molecule has 1 amide bonds. The van der Waals surface area contributed by atoms with Crippen LogP contribution in [0.4, 0.5) is 4.39 Å². The van der Waals surface area contributed by atoms with E-state index in [9.17, 15) is 9.18 Å². The molecule has 1 heterocycles. The lowest BCUT2D eigenvalue weighted by Crippen LogP contribution is -2.30. The number of hydrogen-bond acceptors (Lipinski definition) is 4. The number of rotatable bonds is 7. The van der Waals surface area contributed by atoms with Gasteiger partial charge in [0.25, 0.3) is 5.91 Å². The van der Waals surface area contributed by atoms with Crippen LogP contribution >= 0.6 is 0 Å². The molecule has 3 aromatic carbocycles. The fourth-order valence-electron chi connectivity index (χ4n) is 3.56. The summed E-state index contributed by atoms with van der Waals surface area (Å²) in [5, 5.41) is 13.2. The van der Waals surface area contributed by atoms with E-state index >= 15 is 0 Å². The molecule has 1 N–H and O–H groups in total. The molecule has 0 saturated heterocycles. The quantitative estimate of drug-likeness (QED) is 0.459. The fourth-order valence-corrected chi connectivity index (χ4v) is 3.56. The average molecular weight is 429 g/mol. The van der Waals surface area contributed by atoms with Crippen molar-refractivity contribution in [3.63, 3.8) is 0 Å². The first-order valence-corrected chi connectivity index (χ1v) is 10.5. The van der Waals surface area contributed by atoms with Gasteiger partial charge in [-0.3, -0.25) is 4.79 Å². The second-order valence-corrected chi connectivity index (χ2v) is 7.73. The molecule has 1 aromatic heterocycles. The molecule has 0 aliphatic carbocycles. The summed E-state index contributed by atoms with van der Waals surface area (Å²) in [6.45, 7) is 4.37. The molecule has 0 saturated carbocycles. The zero-order valence-corrected chi connectivity index (χ0v) is 18.1. The van der Waals surface area contributed by atoms with Gasteiger partial charge in [-0.2, -0.15) is 0 Å². The number of fused-ring (bicyclic) bond motifs is 1. The van der Waals surface area contributed by atoms with Crippen molar-refractivity contribution in [1.29, 1.82) is 0 Å². The Labute approximate surface area is 186 Å². The zero-order chi connectivity index (χ0) is 22.5. The number of nitrogens with one attached hydrogen (secondary N) is 1. The summed E-state index contributed by atoms with van der Waals surface area (Å²) in [6.07, 6.45) is 0.610. The highest BCUT2D eigenvalue weighted by atomic mass is 19.1. The van der Waals surface area contributed by atoms with Crippen molar-refractivity contribution >= 4 is 16.7 Å². The van der Waals surface area contributed by atoms with Gasteiger partial charge in [0.1, 0.15) is 11.5 Å². The van der Waals surface area contributed by atoms with Gasteiger partial charge in [0.15, 0.2) is 6.61 Å². The van der Waals surface area contributed by atoms with E-state index in [0.29, 0.717) is 18.8 Å². The van der Waals surface area contributed by atoms with Crippen LogP contribution in [0.1, 0.15) is 16.7 Å². The molecule has 5 nitrogen and oxygen atoms in total. The molecule has 6 heteroatoms. The summed E-state index contributed by atoms with van der Waals surface area (Å²) < 4.78 is 18.7. The molecule has 0 bridgehead atoms. The first-order valence-electron chi connectivity index (χ1n) is 10.5. The lowest BCUT2D eigenvalue weighted by Gasteiger charge is -2.12. The first kappa shape index (κ1) is 21.4. The highest BCUT2D eigenvalue weighted by Crippen LogP contribution is 2.32. The number of aromatic nitrogens is 2. The number of nitrogens with zero attached hydrogens (tertiary/aromatic N) is 2. The van der Waals surface area contributed by atoms with Crippen LogP contribution in [0.3, 0.4) is 0 Å². The lowest BCUT2D eigenvalue weighted by molar-refractivity contribution is -0.123. The number of aryl methyl sites for hydroxylation is 2. The Balaban J connectivity index is 1.45. The second kappa shape index (κ2) is 9.56. The molecule has 4 rings (SSSR count). The number of carbonyl (C=O) groups is 1. The largest absolute Gasteiger partial charge is 0.466 e. The Morgan fingerprint density at radius 1 is 0.969 bits per heavy atom. The van der Waals surface area contributed by atoms with Crippen LogP contribution in [0, 0.1) is 19.7 Å².